The van der Waals surface area contributed by atoms with Crippen LogP contribution in [0.4, 0.5) is 0 Å². The molecule has 5 nitrogen and oxygen atoms in total. The van der Waals surface area contributed by atoms with Gasteiger partial charge in [0, 0.05) is 43.6 Å². The van der Waals surface area contributed by atoms with Crippen LogP contribution in [-0.2, 0) is 6.54 Å². The maximum atomic E-state index is 13.1. The molecule has 158 valence electrons. The third-order valence-electron chi connectivity index (χ3n) is 5.96. The van der Waals surface area contributed by atoms with E-state index in [4.69, 9.17) is 0 Å². The van der Waals surface area contributed by atoms with Crippen molar-refractivity contribution in [2.75, 3.05) is 19.6 Å². The molecule has 1 N–H and O–H groups in total. The van der Waals surface area contributed by atoms with Gasteiger partial charge in [-0.05, 0) is 55.6 Å². The van der Waals surface area contributed by atoms with Crippen LogP contribution in [0, 0.1) is 12.8 Å². The van der Waals surface area contributed by atoms with E-state index in [1.165, 1.54) is 22.5 Å². The first-order valence-corrected chi connectivity index (χ1v) is 11.6. The van der Waals surface area contributed by atoms with Crippen molar-refractivity contribution >= 4 is 27.5 Å². The number of amides is 1. The third-order valence-corrected chi connectivity index (χ3v) is 7.06. The molecule has 3 aromatic heterocycles. The molecule has 4 heterocycles. The average molecular weight is 431 g/mol. The summed E-state index contributed by atoms with van der Waals surface area (Å²) in [5.41, 5.74) is 3.56. The summed E-state index contributed by atoms with van der Waals surface area (Å²) >= 11 is 1.46. The van der Waals surface area contributed by atoms with Gasteiger partial charge in [0.15, 0.2) is 0 Å². The summed E-state index contributed by atoms with van der Waals surface area (Å²) in [7, 11) is 0. The number of nitrogens with one attached hydrogen (secondary N) is 1. The van der Waals surface area contributed by atoms with Crippen molar-refractivity contribution < 1.29 is 4.79 Å². The highest BCUT2D eigenvalue weighted by atomic mass is 32.1. The Balaban J connectivity index is 1.25. The topological polar surface area (TPSA) is 50.2 Å². The molecule has 0 radical (unpaired) electrons. The van der Waals surface area contributed by atoms with Crippen molar-refractivity contribution in [3.63, 3.8) is 0 Å². The largest absolute Gasteiger partial charge is 0.351 e. The zero-order valence-corrected chi connectivity index (χ0v) is 18.4. The monoisotopic (exact) mass is 430 g/mol. The molecule has 1 saturated heterocycles. The standard InChI is InChI=1S/C25H26N4OS/c1-18-6-8-19(9-7-18)16-28-14-10-20(17-28)15-27-24(30)23-22(29-12-2-3-13-29)21-5-4-11-26-25(21)31-23/h2-9,11-13,20H,10,14-17H2,1H3,(H,27,30)/t20-/m0/s1. The van der Waals surface area contributed by atoms with Crippen LogP contribution in [0.15, 0.2) is 67.1 Å². The molecule has 0 unspecified atom stereocenters. The molecule has 0 spiro atoms. The van der Waals surface area contributed by atoms with Crippen molar-refractivity contribution in [1.29, 1.82) is 0 Å². The van der Waals surface area contributed by atoms with E-state index in [1.807, 2.05) is 41.2 Å². The Hall–Kier alpha value is -2.96. The summed E-state index contributed by atoms with van der Waals surface area (Å²) < 4.78 is 2.01. The first kappa shape index (κ1) is 20.0. The fourth-order valence-electron chi connectivity index (χ4n) is 4.31. The number of aromatic nitrogens is 2. The average Bonchev–Trinajstić information content (AvgIpc) is 3.53. The molecular formula is C25H26N4OS. The lowest BCUT2D eigenvalue weighted by molar-refractivity contribution is 0.0951. The van der Waals surface area contributed by atoms with Crippen molar-refractivity contribution in [2.45, 2.75) is 19.9 Å². The van der Waals surface area contributed by atoms with Crippen LogP contribution in [0.3, 0.4) is 0 Å². The van der Waals surface area contributed by atoms with Gasteiger partial charge in [0.05, 0.1) is 5.69 Å². The van der Waals surface area contributed by atoms with E-state index in [-0.39, 0.29) is 5.91 Å². The number of thiophene rings is 1. The van der Waals surface area contributed by atoms with Crippen LogP contribution in [0.5, 0.6) is 0 Å². The zero-order chi connectivity index (χ0) is 21.2. The van der Waals surface area contributed by atoms with Crippen LogP contribution < -0.4 is 5.32 Å². The van der Waals surface area contributed by atoms with Crippen molar-refractivity contribution in [3.8, 4) is 5.69 Å². The molecule has 1 fully saturated rings. The first-order chi connectivity index (χ1) is 15.2. The molecule has 0 bridgehead atoms. The molecule has 1 aromatic carbocycles. The van der Waals surface area contributed by atoms with Gasteiger partial charge in [-0.1, -0.05) is 29.8 Å². The minimum Gasteiger partial charge on any atom is -0.351 e. The molecule has 6 heteroatoms. The molecular weight excluding hydrogens is 404 g/mol. The lowest BCUT2D eigenvalue weighted by Crippen LogP contribution is -2.31. The molecule has 1 amide bonds. The van der Waals surface area contributed by atoms with Gasteiger partial charge in [-0.25, -0.2) is 4.98 Å². The van der Waals surface area contributed by atoms with E-state index in [0.717, 1.165) is 46.8 Å². The minimum atomic E-state index is -0.0105. The molecule has 5 rings (SSSR count). The number of hydrogen-bond donors (Lipinski definition) is 1. The van der Waals surface area contributed by atoms with E-state index in [0.29, 0.717) is 12.5 Å². The Labute approximate surface area is 186 Å². The Bertz CT molecular complexity index is 1180. The highest BCUT2D eigenvalue weighted by Crippen LogP contribution is 2.33. The molecule has 1 aliphatic heterocycles. The summed E-state index contributed by atoms with van der Waals surface area (Å²) in [6.45, 7) is 5.90. The summed E-state index contributed by atoms with van der Waals surface area (Å²) in [5, 5.41) is 4.21. The number of nitrogens with zero attached hydrogens (tertiary/aromatic N) is 3. The fraction of sp³-hybridized carbons (Fsp3) is 0.280. The van der Waals surface area contributed by atoms with Gasteiger partial charge in [-0.3, -0.25) is 9.69 Å². The van der Waals surface area contributed by atoms with E-state index < -0.39 is 0 Å². The molecule has 1 atom stereocenters. The molecule has 0 aliphatic carbocycles. The van der Waals surface area contributed by atoms with Gasteiger partial charge < -0.3 is 9.88 Å². The second-order valence-electron chi connectivity index (χ2n) is 8.31. The predicted octanol–water partition coefficient (Wildman–Crippen LogP) is 4.65. The maximum Gasteiger partial charge on any atom is 0.263 e. The van der Waals surface area contributed by atoms with Crippen LogP contribution >= 0.6 is 11.3 Å². The third kappa shape index (κ3) is 4.27. The second-order valence-corrected chi connectivity index (χ2v) is 9.31. The van der Waals surface area contributed by atoms with Gasteiger partial charge in [0.1, 0.15) is 9.71 Å². The number of rotatable bonds is 6. The van der Waals surface area contributed by atoms with Gasteiger partial charge in [-0.2, -0.15) is 0 Å². The van der Waals surface area contributed by atoms with Crippen LogP contribution in [0.25, 0.3) is 15.9 Å². The molecule has 31 heavy (non-hydrogen) atoms. The summed E-state index contributed by atoms with van der Waals surface area (Å²) in [6.07, 6.45) is 6.85. The Morgan fingerprint density at radius 2 is 1.97 bits per heavy atom. The number of likely N-dealkylation sites (tertiary alicyclic amines) is 1. The zero-order valence-electron chi connectivity index (χ0n) is 17.6. The number of pyridine rings is 1. The van der Waals surface area contributed by atoms with Crippen LogP contribution in [-0.4, -0.2) is 40.0 Å². The number of hydrogen-bond acceptors (Lipinski definition) is 4. The van der Waals surface area contributed by atoms with Gasteiger partial charge in [0.25, 0.3) is 5.91 Å². The van der Waals surface area contributed by atoms with Crippen LogP contribution in [0.1, 0.15) is 27.2 Å². The summed E-state index contributed by atoms with van der Waals surface area (Å²) in [4.78, 5) is 21.7. The molecule has 4 aromatic rings. The summed E-state index contributed by atoms with van der Waals surface area (Å²) in [5.74, 6) is 0.473. The number of aryl methyl sites for hydroxylation is 1. The highest BCUT2D eigenvalue weighted by Gasteiger charge is 2.25. The van der Waals surface area contributed by atoms with Crippen LogP contribution in [0.2, 0.25) is 0 Å². The van der Waals surface area contributed by atoms with Crippen molar-refractivity contribution in [3.05, 3.63) is 83.1 Å². The van der Waals surface area contributed by atoms with E-state index >= 15 is 0 Å². The molecule has 0 saturated carbocycles. The Morgan fingerprint density at radius 1 is 1.16 bits per heavy atom. The predicted molar refractivity (Wildman–Crippen MR) is 126 cm³/mol. The van der Waals surface area contributed by atoms with E-state index in [1.54, 1.807) is 6.20 Å². The SMILES string of the molecule is Cc1ccc(CN2CC[C@@H](CNC(=O)c3sc4ncccc4c3-n3cccc3)C2)cc1. The second kappa shape index (κ2) is 8.65. The van der Waals surface area contributed by atoms with Crippen molar-refractivity contribution in [1.82, 2.24) is 19.8 Å². The van der Waals surface area contributed by atoms with E-state index in [9.17, 15) is 4.79 Å². The fourth-order valence-corrected chi connectivity index (χ4v) is 5.36. The normalized spacial score (nSPS) is 16.7. The quantitative estimate of drug-likeness (QED) is 0.485. The maximum absolute atomic E-state index is 13.1. The molecule has 1 aliphatic rings. The van der Waals surface area contributed by atoms with Gasteiger partial charge in [0.2, 0.25) is 0 Å². The van der Waals surface area contributed by atoms with Gasteiger partial charge in [-0.15, -0.1) is 11.3 Å². The first-order valence-electron chi connectivity index (χ1n) is 10.7. The number of carbonyl (C=O) groups excluding carboxylic acids is 1. The highest BCUT2D eigenvalue weighted by molar-refractivity contribution is 7.21. The Morgan fingerprint density at radius 3 is 2.77 bits per heavy atom. The smallest absolute Gasteiger partial charge is 0.263 e. The lowest BCUT2D eigenvalue weighted by atomic mass is 10.1. The number of benzene rings is 1. The minimum absolute atomic E-state index is 0.0105. The summed E-state index contributed by atoms with van der Waals surface area (Å²) in [6, 6.07) is 16.7. The number of carbonyl (C=O) groups is 1. The van der Waals surface area contributed by atoms with Crippen molar-refractivity contribution in [2.24, 2.45) is 5.92 Å². The van der Waals surface area contributed by atoms with Gasteiger partial charge >= 0.3 is 0 Å². The lowest BCUT2D eigenvalue weighted by Gasteiger charge is -2.16. The number of fused-ring (bicyclic) bond motifs is 1. The van der Waals surface area contributed by atoms with E-state index in [2.05, 4.69) is 46.4 Å². The Kier molecular flexibility index (Phi) is 5.57.